The second kappa shape index (κ2) is 6.12. The molecule has 0 bridgehead atoms. The zero-order valence-corrected chi connectivity index (χ0v) is 13.9. The SMILES string of the molecule is Nc1nc(N)n(-c2cc(Cl)c(-c3ccc(C(F)(F)F)cc3)c(Cl)c2)n1. The Morgan fingerprint density at radius 2 is 1.52 bits per heavy atom. The normalized spacial score (nSPS) is 11.7. The molecule has 0 aliphatic carbocycles. The van der Waals surface area contributed by atoms with E-state index in [4.69, 9.17) is 34.7 Å². The molecule has 5 nitrogen and oxygen atoms in total. The van der Waals surface area contributed by atoms with Crippen LogP contribution in [0.25, 0.3) is 16.8 Å². The van der Waals surface area contributed by atoms with Gasteiger partial charge in [0.2, 0.25) is 11.9 Å². The molecule has 10 heteroatoms. The van der Waals surface area contributed by atoms with Gasteiger partial charge >= 0.3 is 6.18 Å². The maximum Gasteiger partial charge on any atom is 0.416 e. The summed E-state index contributed by atoms with van der Waals surface area (Å²) in [4.78, 5) is 3.77. The van der Waals surface area contributed by atoms with Gasteiger partial charge < -0.3 is 11.5 Å². The van der Waals surface area contributed by atoms with Crippen LogP contribution in [0.3, 0.4) is 0 Å². The lowest BCUT2D eigenvalue weighted by atomic mass is 10.0. The minimum Gasteiger partial charge on any atom is -0.368 e. The molecule has 2 aromatic carbocycles. The fourth-order valence-corrected chi connectivity index (χ4v) is 3.01. The smallest absolute Gasteiger partial charge is 0.368 e. The predicted molar refractivity (Wildman–Crippen MR) is 90.6 cm³/mol. The molecule has 0 aliphatic heterocycles. The minimum atomic E-state index is -4.42. The average Bonchev–Trinajstić information content (AvgIpc) is 2.85. The Bertz CT molecular complexity index is 912. The third-order valence-corrected chi connectivity index (χ3v) is 4.02. The van der Waals surface area contributed by atoms with Crippen LogP contribution in [0.1, 0.15) is 5.56 Å². The molecule has 0 atom stereocenters. The van der Waals surface area contributed by atoms with E-state index in [1.54, 1.807) is 0 Å². The van der Waals surface area contributed by atoms with Gasteiger partial charge in [0.25, 0.3) is 0 Å². The van der Waals surface area contributed by atoms with E-state index in [0.29, 0.717) is 16.8 Å². The van der Waals surface area contributed by atoms with Gasteiger partial charge in [0, 0.05) is 5.56 Å². The van der Waals surface area contributed by atoms with Crippen LogP contribution >= 0.6 is 23.2 Å². The van der Waals surface area contributed by atoms with Gasteiger partial charge in [-0.3, -0.25) is 0 Å². The van der Waals surface area contributed by atoms with E-state index in [9.17, 15) is 13.2 Å². The van der Waals surface area contributed by atoms with E-state index >= 15 is 0 Å². The van der Waals surface area contributed by atoms with Crippen molar-refractivity contribution in [3.8, 4) is 16.8 Å². The summed E-state index contributed by atoms with van der Waals surface area (Å²) in [5.74, 6) is 0.0310. The summed E-state index contributed by atoms with van der Waals surface area (Å²) in [7, 11) is 0. The van der Waals surface area contributed by atoms with Crippen molar-refractivity contribution < 1.29 is 13.2 Å². The number of hydrogen-bond acceptors (Lipinski definition) is 4. The molecule has 0 saturated carbocycles. The summed E-state index contributed by atoms with van der Waals surface area (Å²) in [5.41, 5.74) is 11.7. The Hall–Kier alpha value is -2.45. The standard InChI is InChI=1S/C15H10Cl2F3N5/c16-10-5-9(25-14(22)23-13(21)24-25)6-11(17)12(10)7-1-3-8(4-2-7)15(18,19)20/h1-6H,(H4,21,22,23,24). The van der Waals surface area contributed by atoms with E-state index in [0.717, 1.165) is 12.1 Å². The summed E-state index contributed by atoms with van der Waals surface area (Å²) in [6, 6.07) is 7.57. The number of aromatic nitrogens is 3. The number of anilines is 2. The zero-order valence-electron chi connectivity index (χ0n) is 12.4. The highest BCUT2D eigenvalue weighted by molar-refractivity contribution is 6.39. The number of nitrogens with zero attached hydrogens (tertiary/aromatic N) is 3. The van der Waals surface area contributed by atoms with Gasteiger partial charge in [-0.15, -0.1) is 5.10 Å². The highest BCUT2D eigenvalue weighted by Gasteiger charge is 2.30. The van der Waals surface area contributed by atoms with Crippen molar-refractivity contribution in [1.29, 1.82) is 0 Å². The molecule has 130 valence electrons. The average molecular weight is 388 g/mol. The third-order valence-electron chi connectivity index (χ3n) is 3.42. The van der Waals surface area contributed by atoms with E-state index in [-0.39, 0.29) is 21.9 Å². The minimum absolute atomic E-state index is 0.0171. The lowest BCUT2D eigenvalue weighted by Crippen LogP contribution is -2.04. The quantitative estimate of drug-likeness (QED) is 0.681. The molecule has 3 rings (SSSR count). The van der Waals surface area contributed by atoms with E-state index in [1.807, 2.05) is 0 Å². The molecule has 1 heterocycles. The van der Waals surface area contributed by atoms with E-state index < -0.39 is 11.7 Å². The van der Waals surface area contributed by atoms with Crippen LogP contribution in [0.2, 0.25) is 10.0 Å². The first-order valence-corrected chi connectivity index (χ1v) is 7.57. The van der Waals surface area contributed by atoms with E-state index in [2.05, 4.69) is 10.1 Å². The molecule has 0 amide bonds. The Morgan fingerprint density at radius 1 is 0.960 bits per heavy atom. The summed E-state index contributed by atoms with van der Waals surface area (Å²) in [5, 5.41) is 4.36. The summed E-state index contributed by atoms with van der Waals surface area (Å²) >= 11 is 12.5. The third kappa shape index (κ3) is 3.35. The maximum absolute atomic E-state index is 12.7. The first-order chi connectivity index (χ1) is 11.7. The number of alkyl halides is 3. The predicted octanol–water partition coefficient (Wildman–Crippen LogP) is 4.42. The van der Waals surface area contributed by atoms with Crippen LogP contribution in [0.15, 0.2) is 36.4 Å². The van der Waals surface area contributed by atoms with Crippen LogP contribution in [0, 0.1) is 0 Å². The summed E-state index contributed by atoms with van der Waals surface area (Å²) in [6.07, 6.45) is -4.42. The van der Waals surface area contributed by atoms with Gasteiger partial charge in [-0.05, 0) is 29.8 Å². The first-order valence-electron chi connectivity index (χ1n) is 6.82. The molecule has 0 spiro atoms. The number of nitrogen functional groups attached to an aromatic ring is 2. The lowest BCUT2D eigenvalue weighted by molar-refractivity contribution is -0.137. The maximum atomic E-state index is 12.7. The van der Waals surface area contributed by atoms with Crippen molar-refractivity contribution in [2.75, 3.05) is 11.5 Å². The highest BCUT2D eigenvalue weighted by atomic mass is 35.5. The molecule has 25 heavy (non-hydrogen) atoms. The van der Waals surface area contributed by atoms with Crippen LogP contribution in [-0.4, -0.2) is 14.8 Å². The van der Waals surface area contributed by atoms with Crippen LogP contribution in [0.5, 0.6) is 0 Å². The van der Waals surface area contributed by atoms with Crippen molar-refractivity contribution in [2.45, 2.75) is 6.18 Å². The molecule has 0 unspecified atom stereocenters. The largest absolute Gasteiger partial charge is 0.416 e. The molecular weight excluding hydrogens is 378 g/mol. The van der Waals surface area contributed by atoms with Crippen LogP contribution < -0.4 is 11.5 Å². The fraction of sp³-hybridized carbons (Fsp3) is 0.0667. The Morgan fingerprint density at radius 3 is 1.96 bits per heavy atom. The number of halogens is 5. The van der Waals surface area contributed by atoms with Crippen LogP contribution in [0.4, 0.5) is 25.1 Å². The van der Waals surface area contributed by atoms with Crippen molar-refractivity contribution in [1.82, 2.24) is 14.8 Å². The van der Waals surface area contributed by atoms with Crippen LogP contribution in [-0.2, 0) is 6.18 Å². The fourth-order valence-electron chi connectivity index (χ4n) is 2.31. The van der Waals surface area contributed by atoms with Crippen molar-refractivity contribution >= 4 is 35.1 Å². The Labute approximate surface area is 150 Å². The Balaban J connectivity index is 2.05. The molecule has 0 aliphatic rings. The summed E-state index contributed by atoms with van der Waals surface area (Å²) < 4.78 is 39.3. The second-order valence-corrected chi connectivity index (χ2v) is 5.91. The Kier molecular flexibility index (Phi) is 4.26. The number of hydrogen-bond donors (Lipinski definition) is 2. The molecule has 0 fully saturated rings. The molecular formula is C15H10Cl2F3N5. The molecule has 0 saturated heterocycles. The summed E-state index contributed by atoms with van der Waals surface area (Å²) in [6.45, 7) is 0. The lowest BCUT2D eigenvalue weighted by Gasteiger charge is -2.12. The molecule has 4 N–H and O–H groups in total. The highest BCUT2D eigenvalue weighted by Crippen LogP contribution is 2.38. The number of rotatable bonds is 2. The van der Waals surface area contributed by atoms with Gasteiger partial charge in [-0.2, -0.15) is 22.8 Å². The molecule has 0 radical (unpaired) electrons. The van der Waals surface area contributed by atoms with Gasteiger partial charge in [0.1, 0.15) is 0 Å². The second-order valence-electron chi connectivity index (χ2n) is 5.10. The molecule has 3 aromatic rings. The first kappa shape index (κ1) is 17.4. The van der Waals surface area contributed by atoms with Crippen molar-refractivity contribution in [3.05, 3.63) is 52.0 Å². The van der Waals surface area contributed by atoms with Gasteiger partial charge in [0.05, 0.1) is 21.3 Å². The monoisotopic (exact) mass is 387 g/mol. The van der Waals surface area contributed by atoms with Gasteiger partial charge in [0.15, 0.2) is 0 Å². The van der Waals surface area contributed by atoms with Crippen molar-refractivity contribution in [3.63, 3.8) is 0 Å². The van der Waals surface area contributed by atoms with Gasteiger partial charge in [-0.25, -0.2) is 0 Å². The number of benzene rings is 2. The zero-order chi connectivity index (χ0) is 18.4. The van der Waals surface area contributed by atoms with Gasteiger partial charge in [-0.1, -0.05) is 35.3 Å². The topological polar surface area (TPSA) is 82.7 Å². The van der Waals surface area contributed by atoms with E-state index in [1.165, 1.54) is 28.9 Å². The number of nitrogens with two attached hydrogens (primary N) is 2. The molecule has 1 aromatic heterocycles. The van der Waals surface area contributed by atoms with Crippen molar-refractivity contribution in [2.24, 2.45) is 0 Å².